The van der Waals surface area contributed by atoms with E-state index in [0.717, 1.165) is 21.9 Å². The first-order chi connectivity index (χ1) is 15.4. The molecule has 0 spiro atoms. The van der Waals surface area contributed by atoms with Gasteiger partial charge in [-0.2, -0.15) is 4.31 Å². The van der Waals surface area contributed by atoms with Gasteiger partial charge in [-0.1, -0.05) is 41.9 Å². The van der Waals surface area contributed by atoms with Gasteiger partial charge in [0.25, 0.3) is 0 Å². The van der Waals surface area contributed by atoms with E-state index in [1.54, 1.807) is 24.5 Å². The first-order valence-corrected chi connectivity index (χ1v) is 12.5. The highest BCUT2D eigenvalue weighted by Crippen LogP contribution is 2.34. The fraction of sp³-hybridized carbons (Fsp3) is 0.304. The molecule has 1 aromatic heterocycles. The van der Waals surface area contributed by atoms with Crippen LogP contribution < -0.4 is 10.6 Å². The van der Waals surface area contributed by atoms with Crippen molar-refractivity contribution < 1.29 is 13.2 Å². The smallest absolute Gasteiger partial charge is 0.233 e. The number of aromatic nitrogens is 1. The Balaban J connectivity index is 0.00000259. The summed E-state index contributed by atoms with van der Waals surface area (Å²) in [5.74, 6) is -0.756. The molecular weight excluding hydrogens is 483 g/mol. The van der Waals surface area contributed by atoms with Crippen molar-refractivity contribution in [2.24, 2.45) is 5.92 Å². The lowest BCUT2D eigenvalue weighted by Gasteiger charge is -2.35. The summed E-state index contributed by atoms with van der Waals surface area (Å²) in [5, 5.41) is 8.39. The number of benzene rings is 2. The van der Waals surface area contributed by atoms with E-state index in [0.29, 0.717) is 23.8 Å². The van der Waals surface area contributed by atoms with Crippen LogP contribution in [-0.2, 0) is 21.4 Å². The molecule has 1 atom stereocenters. The molecule has 2 aromatic carbocycles. The summed E-state index contributed by atoms with van der Waals surface area (Å²) >= 11 is 6.23. The van der Waals surface area contributed by atoms with Crippen LogP contribution in [0.3, 0.4) is 0 Å². The van der Waals surface area contributed by atoms with Gasteiger partial charge >= 0.3 is 0 Å². The zero-order valence-electron chi connectivity index (χ0n) is 17.7. The average molecular weight is 507 g/mol. The number of hydrogen-bond acceptors (Lipinski definition) is 5. The third kappa shape index (κ3) is 4.85. The summed E-state index contributed by atoms with van der Waals surface area (Å²) in [6.45, 7) is 1.74. The number of sulfonamides is 1. The van der Waals surface area contributed by atoms with Crippen LogP contribution in [0.1, 0.15) is 17.0 Å². The maximum Gasteiger partial charge on any atom is 0.233 e. The Labute approximate surface area is 204 Å². The van der Waals surface area contributed by atoms with Crippen molar-refractivity contribution in [1.82, 2.24) is 14.6 Å². The molecule has 0 saturated carbocycles. The molecule has 1 amide bonds. The van der Waals surface area contributed by atoms with E-state index in [-0.39, 0.29) is 43.1 Å². The first-order valence-electron chi connectivity index (χ1n) is 10.5. The molecule has 1 fully saturated rings. The van der Waals surface area contributed by atoms with Gasteiger partial charge in [0.1, 0.15) is 0 Å². The Hall–Kier alpha value is -2.23. The van der Waals surface area contributed by atoms with E-state index in [2.05, 4.69) is 15.6 Å². The van der Waals surface area contributed by atoms with Crippen LogP contribution in [-0.4, -0.2) is 49.0 Å². The number of fused-ring (bicyclic) bond motifs is 2. The van der Waals surface area contributed by atoms with Crippen LogP contribution >= 0.6 is 24.0 Å². The first kappa shape index (κ1) is 23.9. The molecule has 33 heavy (non-hydrogen) atoms. The Morgan fingerprint density at radius 2 is 1.97 bits per heavy atom. The highest BCUT2D eigenvalue weighted by molar-refractivity contribution is 7.89. The summed E-state index contributed by atoms with van der Waals surface area (Å²) in [6.07, 6.45) is 3.35. The fourth-order valence-corrected chi connectivity index (χ4v) is 6.27. The highest BCUT2D eigenvalue weighted by atomic mass is 35.5. The van der Waals surface area contributed by atoms with Crippen LogP contribution in [0.25, 0.3) is 10.8 Å². The quantitative estimate of drug-likeness (QED) is 0.553. The molecule has 0 radical (unpaired) electrons. The summed E-state index contributed by atoms with van der Waals surface area (Å²) in [6, 6.07) is 13.0. The summed E-state index contributed by atoms with van der Waals surface area (Å²) < 4.78 is 27.6. The molecule has 2 aliphatic rings. The average Bonchev–Trinajstić information content (AvgIpc) is 2.76. The maximum absolute atomic E-state index is 13.4. The molecule has 174 valence electrons. The lowest BCUT2D eigenvalue weighted by Crippen LogP contribution is -2.50. The minimum Gasteiger partial charge on any atom is -0.324 e. The molecule has 2 N–H and O–H groups in total. The van der Waals surface area contributed by atoms with Crippen molar-refractivity contribution in [3.05, 3.63) is 71.0 Å². The number of rotatable bonds is 5. The van der Waals surface area contributed by atoms with E-state index in [1.807, 2.05) is 30.3 Å². The second-order valence-electron chi connectivity index (χ2n) is 8.39. The number of amides is 1. The Morgan fingerprint density at radius 3 is 2.73 bits per heavy atom. The molecule has 5 rings (SSSR count). The molecule has 1 unspecified atom stereocenters. The SMILES string of the molecule is Cl.O=C(Nc1cncc2ccccc12)C1CN(S(=O)(=O)CC2CNC2)Cc2ccc(Cl)cc21. The number of anilines is 1. The molecule has 0 aliphatic carbocycles. The largest absolute Gasteiger partial charge is 0.324 e. The molecular formula is C23H24Cl2N4O3S. The third-order valence-electron chi connectivity index (χ3n) is 6.16. The number of nitrogens with one attached hydrogen (secondary N) is 2. The van der Waals surface area contributed by atoms with Crippen LogP contribution in [0, 0.1) is 5.92 Å². The van der Waals surface area contributed by atoms with Gasteiger partial charge in [0.15, 0.2) is 0 Å². The zero-order chi connectivity index (χ0) is 22.3. The van der Waals surface area contributed by atoms with Gasteiger partial charge in [-0.3, -0.25) is 9.78 Å². The van der Waals surface area contributed by atoms with E-state index in [4.69, 9.17) is 11.6 Å². The molecule has 7 nitrogen and oxygen atoms in total. The second-order valence-corrected chi connectivity index (χ2v) is 10.8. The predicted molar refractivity (Wildman–Crippen MR) is 132 cm³/mol. The van der Waals surface area contributed by atoms with Gasteiger partial charge in [0, 0.05) is 48.2 Å². The van der Waals surface area contributed by atoms with Gasteiger partial charge in [-0.05, 0) is 29.2 Å². The molecule has 3 heterocycles. The van der Waals surface area contributed by atoms with Crippen molar-refractivity contribution in [2.75, 3.05) is 30.7 Å². The topological polar surface area (TPSA) is 91.4 Å². The van der Waals surface area contributed by atoms with Crippen molar-refractivity contribution in [3.63, 3.8) is 0 Å². The molecule has 1 saturated heterocycles. The van der Waals surface area contributed by atoms with Crippen molar-refractivity contribution >= 4 is 56.4 Å². The molecule has 3 aromatic rings. The van der Waals surface area contributed by atoms with Crippen LogP contribution in [0.15, 0.2) is 54.9 Å². The minimum atomic E-state index is -3.50. The Kier molecular flexibility index (Phi) is 6.93. The number of nitrogens with zero attached hydrogens (tertiary/aromatic N) is 2. The van der Waals surface area contributed by atoms with Crippen molar-refractivity contribution in [3.8, 4) is 0 Å². The molecule has 2 aliphatic heterocycles. The van der Waals surface area contributed by atoms with Gasteiger partial charge in [-0.15, -0.1) is 12.4 Å². The predicted octanol–water partition coefficient (Wildman–Crippen LogP) is 3.40. The summed E-state index contributed by atoms with van der Waals surface area (Å²) in [7, 11) is -3.50. The third-order valence-corrected chi connectivity index (χ3v) is 8.36. The van der Waals surface area contributed by atoms with Crippen molar-refractivity contribution in [2.45, 2.75) is 12.5 Å². The molecule has 10 heteroatoms. The minimum absolute atomic E-state index is 0. The summed E-state index contributed by atoms with van der Waals surface area (Å²) in [5.41, 5.74) is 2.16. The lowest BCUT2D eigenvalue weighted by atomic mass is 9.90. The number of pyridine rings is 1. The lowest BCUT2D eigenvalue weighted by molar-refractivity contribution is -0.118. The number of hydrogen-bond donors (Lipinski definition) is 2. The zero-order valence-corrected chi connectivity index (χ0v) is 20.1. The number of halogens is 2. The highest BCUT2D eigenvalue weighted by Gasteiger charge is 2.37. The van der Waals surface area contributed by atoms with Gasteiger partial charge in [0.05, 0.1) is 23.6 Å². The van der Waals surface area contributed by atoms with E-state index >= 15 is 0 Å². The van der Waals surface area contributed by atoms with Gasteiger partial charge < -0.3 is 10.6 Å². The summed E-state index contributed by atoms with van der Waals surface area (Å²) in [4.78, 5) is 17.7. The normalized spacial score (nSPS) is 18.8. The van der Waals surface area contributed by atoms with E-state index < -0.39 is 15.9 Å². The van der Waals surface area contributed by atoms with E-state index in [9.17, 15) is 13.2 Å². The molecule has 0 bridgehead atoms. The standard InChI is InChI=1S/C23H23ClN4O3S.ClH/c24-18-6-5-17-12-28(32(30,31)14-15-8-25-9-15)13-21(20(17)7-18)23(29)27-22-11-26-10-16-3-1-2-4-19(16)22;/h1-7,10-11,15,21,25H,8-9,12-14H2,(H,27,29);1H. The second kappa shape index (κ2) is 9.56. The van der Waals surface area contributed by atoms with E-state index in [1.165, 1.54) is 4.31 Å². The van der Waals surface area contributed by atoms with Crippen molar-refractivity contribution in [1.29, 1.82) is 0 Å². The number of carbonyl (C=O) groups is 1. The van der Waals surface area contributed by atoms with Crippen LogP contribution in [0.5, 0.6) is 0 Å². The Bertz CT molecular complexity index is 1290. The fourth-order valence-electron chi connectivity index (χ4n) is 4.33. The maximum atomic E-state index is 13.4. The van der Waals surface area contributed by atoms with Crippen LogP contribution in [0.2, 0.25) is 5.02 Å². The van der Waals surface area contributed by atoms with Gasteiger partial charge in [0.2, 0.25) is 15.9 Å². The van der Waals surface area contributed by atoms with Gasteiger partial charge in [-0.25, -0.2) is 8.42 Å². The Morgan fingerprint density at radius 1 is 1.18 bits per heavy atom. The monoisotopic (exact) mass is 506 g/mol. The van der Waals surface area contributed by atoms with Crippen LogP contribution in [0.4, 0.5) is 5.69 Å². The number of carbonyl (C=O) groups excluding carboxylic acids is 1.